The van der Waals surface area contributed by atoms with Crippen molar-refractivity contribution in [3.63, 3.8) is 0 Å². The number of amides is 1. The molecule has 0 saturated carbocycles. The second-order valence-corrected chi connectivity index (χ2v) is 5.70. The number of carbonyl (C=O) groups excluding carboxylic acids is 2. The minimum absolute atomic E-state index is 0.194. The Morgan fingerprint density at radius 2 is 1.56 bits per heavy atom. The average Bonchev–Trinajstić information content (AvgIpc) is 2.66. The van der Waals surface area contributed by atoms with E-state index in [4.69, 9.17) is 9.47 Å². The van der Waals surface area contributed by atoms with E-state index in [1.54, 1.807) is 19.1 Å². The van der Waals surface area contributed by atoms with Gasteiger partial charge in [0.15, 0.2) is 6.73 Å². The van der Waals surface area contributed by atoms with E-state index in [9.17, 15) is 14.0 Å². The van der Waals surface area contributed by atoms with Gasteiger partial charge in [0.1, 0.15) is 5.82 Å². The highest BCUT2D eigenvalue weighted by Crippen LogP contribution is 2.25. The van der Waals surface area contributed by atoms with Crippen LogP contribution < -0.4 is 4.90 Å². The summed E-state index contributed by atoms with van der Waals surface area (Å²) in [5.74, 6) is -0.550. The number of nitrogens with zero attached hydrogens (tertiary/aromatic N) is 2. The van der Waals surface area contributed by atoms with Crippen molar-refractivity contribution >= 4 is 23.4 Å². The van der Waals surface area contributed by atoms with Crippen LogP contribution in [0.3, 0.4) is 0 Å². The fourth-order valence-electron chi connectivity index (χ4n) is 2.46. The lowest BCUT2D eigenvalue weighted by Crippen LogP contribution is -2.38. The molecule has 0 spiro atoms. The molecule has 0 bridgehead atoms. The summed E-state index contributed by atoms with van der Waals surface area (Å²) in [4.78, 5) is 26.6. The van der Waals surface area contributed by atoms with Gasteiger partial charge in [-0.15, -0.1) is 0 Å². The van der Waals surface area contributed by atoms with E-state index in [2.05, 4.69) is 0 Å². The Balaban J connectivity index is 2.10. The minimum atomic E-state index is -0.817. The van der Waals surface area contributed by atoms with Crippen molar-refractivity contribution in [1.29, 1.82) is 0 Å². The quantitative estimate of drug-likeness (QED) is 0.517. The van der Waals surface area contributed by atoms with Gasteiger partial charge in [0.2, 0.25) is 5.91 Å². The molecule has 0 N–H and O–H groups in total. The van der Waals surface area contributed by atoms with Crippen LogP contribution in [0.4, 0.5) is 20.6 Å². The smallest absolute Gasteiger partial charge is 0.435 e. The van der Waals surface area contributed by atoms with E-state index < -0.39 is 6.16 Å². The van der Waals surface area contributed by atoms with Crippen molar-refractivity contribution in [2.24, 2.45) is 0 Å². The molecule has 144 valence electrons. The lowest BCUT2D eigenvalue weighted by atomic mass is 10.2. The molecule has 0 saturated heterocycles. The Bertz CT molecular complexity index is 737. The summed E-state index contributed by atoms with van der Waals surface area (Å²) < 4.78 is 22.9. The summed E-state index contributed by atoms with van der Waals surface area (Å²) in [6, 6.07) is 15.7. The lowest BCUT2D eigenvalue weighted by molar-refractivity contribution is -0.132. The van der Waals surface area contributed by atoms with E-state index in [1.807, 2.05) is 35.2 Å². The van der Waals surface area contributed by atoms with Crippen LogP contribution in [0.1, 0.15) is 13.8 Å². The van der Waals surface area contributed by atoms with Gasteiger partial charge in [-0.1, -0.05) is 18.2 Å². The van der Waals surface area contributed by atoms with Gasteiger partial charge in [0.25, 0.3) is 0 Å². The first-order chi connectivity index (χ1) is 13.0. The van der Waals surface area contributed by atoms with Crippen LogP contribution in [0.2, 0.25) is 0 Å². The minimum Gasteiger partial charge on any atom is -0.435 e. The van der Waals surface area contributed by atoms with Crippen molar-refractivity contribution in [2.75, 3.05) is 31.3 Å². The van der Waals surface area contributed by atoms with Crippen LogP contribution in [0.5, 0.6) is 0 Å². The van der Waals surface area contributed by atoms with Crippen molar-refractivity contribution in [3.05, 3.63) is 60.4 Å². The van der Waals surface area contributed by atoms with Gasteiger partial charge >= 0.3 is 6.16 Å². The molecule has 2 rings (SSSR count). The standard InChI is InChI=1S/C20H23FN2O4/c1-3-26-20(25)27-15-22(16(2)24)13-14-23(18-7-5-4-6-8-18)19-11-9-17(21)10-12-19/h4-12H,3,13-15H2,1-2H3. The lowest BCUT2D eigenvalue weighted by Gasteiger charge is -2.28. The summed E-state index contributed by atoms with van der Waals surface area (Å²) in [5.41, 5.74) is 1.69. The number of para-hydroxylation sites is 1. The molecule has 0 radical (unpaired) electrons. The third-order valence-electron chi connectivity index (χ3n) is 3.85. The second-order valence-electron chi connectivity index (χ2n) is 5.70. The molecule has 0 unspecified atom stereocenters. The molecule has 0 aromatic heterocycles. The third-order valence-corrected chi connectivity index (χ3v) is 3.85. The molecule has 0 aliphatic carbocycles. The number of ether oxygens (including phenoxy) is 2. The van der Waals surface area contributed by atoms with Crippen LogP contribution in [-0.4, -0.2) is 43.4 Å². The van der Waals surface area contributed by atoms with Gasteiger partial charge in [-0.2, -0.15) is 0 Å². The first kappa shape index (κ1) is 20.2. The monoisotopic (exact) mass is 374 g/mol. The Labute approximate surface area is 158 Å². The Hall–Kier alpha value is -3.09. The Kier molecular flexibility index (Phi) is 7.61. The highest BCUT2D eigenvalue weighted by atomic mass is 19.1. The number of halogens is 1. The largest absolute Gasteiger partial charge is 0.509 e. The zero-order chi connectivity index (χ0) is 19.6. The maximum atomic E-state index is 13.3. The topological polar surface area (TPSA) is 59.1 Å². The number of benzene rings is 2. The summed E-state index contributed by atoms with van der Waals surface area (Å²) in [6.07, 6.45) is -0.817. The number of rotatable bonds is 8. The molecule has 2 aromatic rings. The van der Waals surface area contributed by atoms with Gasteiger partial charge in [-0.25, -0.2) is 9.18 Å². The molecule has 0 aliphatic heterocycles. The fraction of sp³-hybridized carbons (Fsp3) is 0.300. The second kappa shape index (κ2) is 10.2. The zero-order valence-corrected chi connectivity index (χ0v) is 15.4. The van der Waals surface area contributed by atoms with Crippen molar-refractivity contribution in [1.82, 2.24) is 4.90 Å². The molecule has 6 nitrogen and oxygen atoms in total. The van der Waals surface area contributed by atoms with Crippen LogP contribution >= 0.6 is 0 Å². The first-order valence-corrected chi connectivity index (χ1v) is 8.64. The van der Waals surface area contributed by atoms with E-state index in [0.717, 1.165) is 11.4 Å². The van der Waals surface area contributed by atoms with Crippen LogP contribution in [0, 0.1) is 5.82 Å². The zero-order valence-electron chi connectivity index (χ0n) is 15.4. The molecule has 7 heteroatoms. The predicted octanol–water partition coefficient (Wildman–Crippen LogP) is 3.94. The Morgan fingerprint density at radius 1 is 0.926 bits per heavy atom. The van der Waals surface area contributed by atoms with Crippen LogP contribution in [0.15, 0.2) is 54.6 Å². The maximum Gasteiger partial charge on any atom is 0.509 e. The van der Waals surface area contributed by atoms with Crippen LogP contribution in [-0.2, 0) is 14.3 Å². The predicted molar refractivity (Wildman–Crippen MR) is 100 cm³/mol. The molecule has 27 heavy (non-hydrogen) atoms. The highest BCUT2D eigenvalue weighted by molar-refractivity contribution is 5.73. The number of anilines is 2. The normalized spacial score (nSPS) is 10.2. The number of hydrogen-bond acceptors (Lipinski definition) is 5. The molecule has 2 aromatic carbocycles. The third kappa shape index (κ3) is 6.29. The maximum absolute atomic E-state index is 13.3. The van der Waals surface area contributed by atoms with Gasteiger partial charge in [0.05, 0.1) is 6.61 Å². The van der Waals surface area contributed by atoms with Crippen molar-refractivity contribution in [2.45, 2.75) is 13.8 Å². The molecule has 0 aliphatic rings. The van der Waals surface area contributed by atoms with E-state index in [-0.39, 0.29) is 25.1 Å². The Morgan fingerprint density at radius 3 is 2.15 bits per heavy atom. The van der Waals surface area contributed by atoms with E-state index in [1.165, 1.54) is 24.0 Å². The van der Waals surface area contributed by atoms with E-state index in [0.29, 0.717) is 13.1 Å². The first-order valence-electron chi connectivity index (χ1n) is 8.64. The summed E-state index contributed by atoms with van der Waals surface area (Å²) >= 11 is 0. The van der Waals surface area contributed by atoms with Crippen molar-refractivity contribution in [3.8, 4) is 0 Å². The highest BCUT2D eigenvalue weighted by Gasteiger charge is 2.16. The fourth-order valence-corrected chi connectivity index (χ4v) is 2.46. The summed E-state index contributed by atoms with van der Waals surface area (Å²) in [6.45, 7) is 3.82. The number of carbonyl (C=O) groups is 2. The SMILES string of the molecule is CCOC(=O)OCN(CCN(c1ccccc1)c1ccc(F)cc1)C(C)=O. The molecule has 0 fully saturated rings. The van der Waals surface area contributed by atoms with Gasteiger partial charge < -0.3 is 19.3 Å². The summed E-state index contributed by atoms with van der Waals surface area (Å²) in [5, 5.41) is 0. The average molecular weight is 374 g/mol. The number of hydrogen-bond donors (Lipinski definition) is 0. The van der Waals surface area contributed by atoms with Crippen molar-refractivity contribution < 1.29 is 23.5 Å². The summed E-state index contributed by atoms with van der Waals surface area (Å²) in [7, 11) is 0. The van der Waals surface area contributed by atoms with Gasteiger partial charge in [-0.3, -0.25) is 4.79 Å². The molecular formula is C20H23FN2O4. The molecular weight excluding hydrogens is 351 g/mol. The molecule has 1 amide bonds. The van der Waals surface area contributed by atoms with Gasteiger partial charge in [0, 0.05) is 31.4 Å². The molecule has 0 atom stereocenters. The van der Waals surface area contributed by atoms with Crippen LogP contribution in [0.25, 0.3) is 0 Å². The van der Waals surface area contributed by atoms with E-state index >= 15 is 0 Å². The van der Waals surface area contributed by atoms with Gasteiger partial charge in [-0.05, 0) is 43.3 Å². The molecule has 0 heterocycles.